The van der Waals surface area contributed by atoms with E-state index in [1.54, 1.807) is 0 Å². The quantitative estimate of drug-likeness (QED) is 0.167. The molecule has 1 aliphatic heterocycles. The Kier molecular flexibility index (Phi) is 19.8. The lowest BCUT2D eigenvalue weighted by Gasteiger charge is -2.33. The Morgan fingerprint density at radius 3 is 1.05 bits per heavy atom. The smallest absolute Gasteiger partial charge is 0.143 e. The molecule has 0 saturated heterocycles. The van der Waals surface area contributed by atoms with Crippen LogP contribution in [-0.2, 0) is 33.6 Å². The van der Waals surface area contributed by atoms with Crippen LogP contribution in [0.1, 0.15) is 22.3 Å². The summed E-state index contributed by atoms with van der Waals surface area (Å²) in [7, 11) is 10.7. The number of rotatable bonds is 6. The van der Waals surface area contributed by atoms with Crippen LogP contribution in [0.4, 0.5) is 11.4 Å². The largest absolute Gasteiger partial charge is 0.456 e. The van der Waals surface area contributed by atoms with Gasteiger partial charge in [0.2, 0.25) is 0 Å². The zero-order chi connectivity index (χ0) is 93.4. The first kappa shape index (κ1) is 82.7. The highest BCUT2D eigenvalue weighted by Gasteiger charge is 2.46. The molecule has 28 aromatic rings. The molecule has 8 nitrogen and oxygen atoms in total. The Balaban J connectivity index is 0.0000000909. The molecule has 0 N–H and O–H groups in total. The average molecular weight is 1800 g/mol. The highest BCUT2D eigenvalue weighted by Crippen LogP contribution is 2.58. The van der Waals surface area contributed by atoms with Gasteiger partial charge in [-0.25, -0.2) is 0 Å². The van der Waals surface area contributed by atoms with Gasteiger partial charge < -0.3 is 36.6 Å². The van der Waals surface area contributed by atoms with Gasteiger partial charge in [-0.15, -0.1) is 0 Å². The van der Waals surface area contributed by atoms with E-state index in [4.69, 9.17) is 8.83 Å². The van der Waals surface area contributed by atoms with E-state index in [0.29, 0.717) is 0 Å². The molecule has 0 amide bonds. The summed E-state index contributed by atoms with van der Waals surface area (Å²) < 4.78 is 23.8. The molecule has 7 aromatic heterocycles. The van der Waals surface area contributed by atoms with Gasteiger partial charge in [-0.1, -0.05) is 352 Å². The minimum absolute atomic E-state index is 0.348. The van der Waals surface area contributed by atoms with Gasteiger partial charge in [-0.3, -0.25) is 0 Å². The summed E-state index contributed by atoms with van der Waals surface area (Å²) in [6.07, 6.45) is 0. The number of hydrogen-bond donors (Lipinski definition) is 0. The molecule has 1 aliphatic carbocycles. The number of nitrogens with zero attached hydrogens (tertiary/aromatic N) is 6. The number of fused-ring (bicyclic) bond motifs is 29. The van der Waals surface area contributed by atoms with Crippen molar-refractivity contribution in [1.82, 2.24) is 22.8 Å². The molecule has 0 bridgehead atoms. The van der Waals surface area contributed by atoms with E-state index in [9.17, 15) is 0 Å². The number of anilines is 2. The summed E-state index contributed by atoms with van der Waals surface area (Å²) in [6, 6.07) is 172. The molecule has 0 atom stereocenters. The van der Waals surface area contributed by atoms with Crippen LogP contribution >= 0.6 is 0 Å². The van der Waals surface area contributed by atoms with Gasteiger partial charge in [-0.05, 0) is 200 Å². The van der Waals surface area contributed by atoms with Crippen LogP contribution in [0.5, 0.6) is 0 Å². The Bertz CT molecular complexity index is 9630. The van der Waals surface area contributed by atoms with Crippen molar-refractivity contribution in [3.63, 3.8) is 0 Å². The molecule has 0 spiro atoms. The topological polar surface area (TPSA) is 54.2 Å². The fourth-order valence-corrected chi connectivity index (χ4v) is 23.2. The van der Waals surface area contributed by atoms with Crippen LogP contribution in [-0.4, -0.2) is 29.9 Å². The second kappa shape index (κ2) is 33.5. The molecule has 0 saturated carbocycles. The van der Waals surface area contributed by atoms with Crippen molar-refractivity contribution in [3.05, 3.63) is 501 Å². The van der Waals surface area contributed by atoms with E-state index in [1.165, 1.54) is 231 Å². The van der Waals surface area contributed by atoms with Crippen molar-refractivity contribution in [2.24, 2.45) is 28.2 Å². The molecule has 664 valence electrons. The van der Waals surface area contributed by atoms with Crippen molar-refractivity contribution in [3.8, 4) is 72.4 Å². The lowest BCUT2D eigenvalue weighted by molar-refractivity contribution is 0.669. The first-order valence-corrected chi connectivity index (χ1v) is 48.1. The molecular formula is C132H94N6O2. The Hall–Kier alpha value is -18.0. The van der Waals surface area contributed by atoms with E-state index in [-0.39, 0.29) is 5.41 Å². The molecule has 0 fully saturated rings. The molecule has 21 aromatic carbocycles. The van der Waals surface area contributed by atoms with Crippen LogP contribution < -0.4 is 4.90 Å². The molecule has 8 heteroatoms. The number of furan rings is 2. The van der Waals surface area contributed by atoms with E-state index in [1.807, 2.05) is 24.3 Å². The van der Waals surface area contributed by atoms with E-state index in [0.717, 1.165) is 27.9 Å². The average Bonchev–Trinajstić information content (AvgIpc) is 1.52. The van der Waals surface area contributed by atoms with Gasteiger partial charge in [0, 0.05) is 189 Å². The normalized spacial score (nSPS) is 12.4. The molecule has 2 aliphatic rings. The first-order chi connectivity index (χ1) is 69.1. The third-order valence-corrected chi connectivity index (χ3v) is 29.7. The number of para-hydroxylation sites is 11. The SMILES string of the molecule is CN1c2ccccc2-c2ccccc2-c2ccccc21.Cn1c2ccccc2c2cc(-c3ccc(-n4c5ccccc5c5ccccc54)cc3)ccc21.Cn1c2ccccc2c2cc(-c3cccc4c3oc3ccccc34)ccc21.Cn1c2ccccc2c2cc(-c3cccc4oc5ccccc5c34)ccc21.Cn1c2ccccc2c2cc3c(cc21)C(c1ccccc1)(c1ccccc1)c1ccccc1-3. The Morgan fingerprint density at radius 1 is 0.186 bits per heavy atom. The summed E-state index contributed by atoms with van der Waals surface area (Å²) in [4.78, 5) is 2.28. The fourth-order valence-electron chi connectivity index (χ4n) is 23.2. The highest BCUT2D eigenvalue weighted by molar-refractivity contribution is 6.18. The summed E-state index contributed by atoms with van der Waals surface area (Å²) >= 11 is 0. The molecule has 0 unspecified atom stereocenters. The van der Waals surface area contributed by atoms with Crippen molar-refractivity contribution in [2.45, 2.75) is 5.41 Å². The minimum atomic E-state index is -0.348. The highest BCUT2D eigenvalue weighted by atomic mass is 16.3. The van der Waals surface area contributed by atoms with E-state index >= 15 is 0 Å². The molecule has 8 heterocycles. The predicted molar refractivity (Wildman–Crippen MR) is 590 cm³/mol. The first-order valence-electron chi connectivity index (χ1n) is 48.1. The van der Waals surface area contributed by atoms with E-state index < -0.39 is 0 Å². The van der Waals surface area contributed by atoms with Gasteiger partial charge in [0.05, 0.1) is 16.4 Å². The van der Waals surface area contributed by atoms with Crippen molar-refractivity contribution < 1.29 is 8.83 Å². The lowest BCUT2D eigenvalue weighted by Crippen LogP contribution is -2.28. The monoisotopic (exact) mass is 1790 g/mol. The van der Waals surface area contributed by atoms with Gasteiger partial charge in [0.25, 0.3) is 0 Å². The van der Waals surface area contributed by atoms with Crippen molar-refractivity contribution >= 4 is 164 Å². The lowest BCUT2D eigenvalue weighted by atomic mass is 9.67. The molecule has 30 rings (SSSR count). The van der Waals surface area contributed by atoms with Gasteiger partial charge in [0.1, 0.15) is 22.3 Å². The molecule has 140 heavy (non-hydrogen) atoms. The van der Waals surface area contributed by atoms with Crippen LogP contribution in [0.2, 0.25) is 0 Å². The van der Waals surface area contributed by atoms with E-state index in [2.05, 4.69) is 518 Å². The third kappa shape index (κ3) is 13.2. The number of benzene rings is 21. The summed E-state index contributed by atoms with van der Waals surface area (Å²) in [6.45, 7) is 0. The number of aryl methyl sites for hydroxylation is 4. The maximum Gasteiger partial charge on any atom is 0.143 e. The van der Waals surface area contributed by atoms with Crippen molar-refractivity contribution in [2.75, 3.05) is 11.9 Å². The second-order valence-corrected chi connectivity index (χ2v) is 37.1. The maximum absolute atomic E-state index is 6.24. The van der Waals surface area contributed by atoms with Gasteiger partial charge >= 0.3 is 0 Å². The summed E-state index contributed by atoms with van der Waals surface area (Å²) in [5, 5.41) is 17.7. The second-order valence-electron chi connectivity index (χ2n) is 37.1. The summed E-state index contributed by atoms with van der Waals surface area (Å²) in [5.41, 5.74) is 40.1. The van der Waals surface area contributed by atoms with Crippen LogP contribution in [0.3, 0.4) is 0 Å². The predicted octanol–water partition coefficient (Wildman–Crippen LogP) is 34.7. The van der Waals surface area contributed by atoms with Crippen LogP contribution in [0.25, 0.3) is 225 Å². The Labute approximate surface area is 809 Å². The number of aromatic nitrogens is 5. The van der Waals surface area contributed by atoms with Crippen molar-refractivity contribution in [1.29, 1.82) is 0 Å². The number of hydrogen-bond acceptors (Lipinski definition) is 3. The zero-order valence-corrected chi connectivity index (χ0v) is 78.1. The Morgan fingerprint density at radius 2 is 0.529 bits per heavy atom. The van der Waals surface area contributed by atoms with Gasteiger partial charge in [0.15, 0.2) is 0 Å². The van der Waals surface area contributed by atoms with Crippen LogP contribution in [0.15, 0.2) is 488 Å². The minimum Gasteiger partial charge on any atom is -0.456 e. The van der Waals surface area contributed by atoms with Gasteiger partial charge in [-0.2, -0.15) is 0 Å². The standard InChI is InChI=1S/C32H23N.C31H22N2.2C25H17NO.C19H15N/c1-33-30-19-11-9-17-25(30)27-20-26-24-16-8-10-18-28(24)32(29(26)21-31(27)33,22-12-4-2-5-13-22)23-14-6-3-7-15-23;1-32-28-11-5-2-10-26(28)27-20-22(16-19-29(27)32)21-14-17-23(18-15-21)33-30-12-6-3-8-24(30)25-9-4-7-13-31(25)33;1-26-22-11-4-2-7-18(22)21-15-16(13-14-23(21)26)17-9-6-10-20-19-8-3-5-12-24(19)27-25(17)20;1-26-21-10-4-2-7-18(21)20-15-16(13-14-22(20)26)17-9-6-12-24-25(17)19-8-3-5-11-23(19)27-24;1-20-18-12-6-4-10-16(18)14-8-2-3-9-15(14)17-11-5-7-13-19(17)20/h2-21H,1H3;2-20H,1H3;2*2-15H,1H3;2-13H,1H3. The molecule has 0 radical (unpaired) electrons. The third-order valence-electron chi connectivity index (χ3n) is 29.7. The molecular weight excluding hydrogens is 1700 g/mol. The maximum atomic E-state index is 6.24. The summed E-state index contributed by atoms with van der Waals surface area (Å²) in [5.74, 6) is 0. The van der Waals surface area contributed by atoms with Crippen LogP contribution in [0, 0.1) is 0 Å². The fraction of sp³-hybridized carbons (Fsp3) is 0.0455. The zero-order valence-electron chi connectivity index (χ0n) is 78.1.